The molecule has 0 amide bonds. The van der Waals surface area contributed by atoms with Crippen molar-refractivity contribution in [1.82, 2.24) is 0 Å². The van der Waals surface area contributed by atoms with Crippen LogP contribution in [0.25, 0.3) is 0 Å². The zero-order valence-corrected chi connectivity index (χ0v) is 11.3. The average Bonchev–Trinajstić information content (AvgIpc) is 2.25. The number of halogens is 2. The molecule has 4 heteroatoms. The molecule has 0 radical (unpaired) electrons. The number of carboxylic acid groups (broad SMARTS) is 1. The van der Waals surface area contributed by atoms with Crippen molar-refractivity contribution in [2.24, 2.45) is 0 Å². The first-order chi connectivity index (χ1) is 8.06. The summed E-state index contributed by atoms with van der Waals surface area (Å²) in [7, 11) is 0. The molecule has 1 aromatic carbocycles. The minimum atomic E-state index is -0.828. The topological polar surface area (TPSA) is 37.3 Å². The predicted octanol–water partition coefficient (Wildman–Crippen LogP) is 4.74. The molecule has 94 valence electrons. The first-order valence-corrected chi connectivity index (χ1v) is 6.49. The van der Waals surface area contributed by atoms with Gasteiger partial charge in [-0.15, -0.1) is 0 Å². The molecular weight excluding hydrogens is 259 g/mol. The van der Waals surface area contributed by atoms with Crippen molar-refractivity contribution in [3.63, 3.8) is 0 Å². The second-order valence-electron chi connectivity index (χ2n) is 4.05. The van der Waals surface area contributed by atoms with Crippen molar-refractivity contribution in [3.05, 3.63) is 33.8 Å². The van der Waals surface area contributed by atoms with Crippen LogP contribution >= 0.6 is 23.2 Å². The quantitative estimate of drug-likeness (QED) is 0.761. The first-order valence-electron chi connectivity index (χ1n) is 5.74. The van der Waals surface area contributed by atoms with Crippen LogP contribution in [0, 0.1) is 0 Å². The molecule has 0 aliphatic rings. The van der Waals surface area contributed by atoms with Gasteiger partial charge in [0.25, 0.3) is 0 Å². The summed E-state index contributed by atoms with van der Waals surface area (Å²) >= 11 is 11.8. The highest BCUT2D eigenvalue weighted by atomic mass is 35.5. The Labute approximate surface area is 112 Å². The van der Waals surface area contributed by atoms with Gasteiger partial charge in [-0.2, -0.15) is 0 Å². The molecule has 0 heterocycles. The number of benzene rings is 1. The van der Waals surface area contributed by atoms with Gasteiger partial charge in [-0.25, -0.2) is 0 Å². The number of unbranched alkanes of at least 4 members (excludes halogenated alkanes) is 2. The first kappa shape index (κ1) is 14.3. The Morgan fingerprint density at radius 2 is 2.06 bits per heavy atom. The number of hydrogen-bond acceptors (Lipinski definition) is 1. The molecule has 0 saturated carbocycles. The molecular formula is C13H16Cl2O2. The molecule has 0 aliphatic heterocycles. The third-order valence-electron chi connectivity index (χ3n) is 2.73. The largest absolute Gasteiger partial charge is 0.481 e. The van der Waals surface area contributed by atoms with Crippen molar-refractivity contribution in [3.8, 4) is 0 Å². The van der Waals surface area contributed by atoms with Crippen molar-refractivity contribution in [1.29, 1.82) is 0 Å². The third kappa shape index (κ3) is 4.21. The Balaban J connectivity index is 2.86. The molecule has 0 fully saturated rings. The smallest absolute Gasteiger partial charge is 0.311 e. The van der Waals surface area contributed by atoms with E-state index in [4.69, 9.17) is 23.2 Å². The molecule has 1 aromatic rings. The third-order valence-corrected chi connectivity index (χ3v) is 3.29. The summed E-state index contributed by atoms with van der Waals surface area (Å²) in [6.45, 7) is 2.09. The zero-order chi connectivity index (χ0) is 12.8. The van der Waals surface area contributed by atoms with Gasteiger partial charge in [-0.05, 0) is 24.1 Å². The van der Waals surface area contributed by atoms with E-state index in [2.05, 4.69) is 6.92 Å². The van der Waals surface area contributed by atoms with Gasteiger partial charge < -0.3 is 5.11 Å². The molecule has 17 heavy (non-hydrogen) atoms. The van der Waals surface area contributed by atoms with Gasteiger partial charge in [0.15, 0.2) is 0 Å². The maximum atomic E-state index is 11.2. The van der Waals surface area contributed by atoms with E-state index >= 15 is 0 Å². The summed E-state index contributed by atoms with van der Waals surface area (Å²) in [5.41, 5.74) is 0.652. The Kier molecular flexibility index (Phi) is 5.79. The molecule has 0 spiro atoms. The maximum Gasteiger partial charge on any atom is 0.311 e. The van der Waals surface area contributed by atoms with Crippen molar-refractivity contribution >= 4 is 29.2 Å². The van der Waals surface area contributed by atoms with Gasteiger partial charge in [0.2, 0.25) is 0 Å². The summed E-state index contributed by atoms with van der Waals surface area (Å²) < 4.78 is 0. The molecule has 1 unspecified atom stereocenters. The normalized spacial score (nSPS) is 12.4. The SMILES string of the molecule is CCCCCC(C(=O)O)c1ccc(Cl)cc1Cl. The van der Waals surface area contributed by atoms with E-state index in [9.17, 15) is 9.90 Å². The number of carboxylic acids is 1. The van der Waals surface area contributed by atoms with Gasteiger partial charge >= 0.3 is 5.97 Å². The van der Waals surface area contributed by atoms with E-state index in [1.54, 1.807) is 18.2 Å². The average molecular weight is 275 g/mol. The fraction of sp³-hybridized carbons (Fsp3) is 0.462. The van der Waals surface area contributed by atoms with E-state index in [-0.39, 0.29) is 0 Å². The number of carbonyl (C=O) groups is 1. The van der Waals surface area contributed by atoms with Crippen LogP contribution < -0.4 is 0 Å². The second-order valence-corrected chi connectivity index (χ2v) is 4.90. The van der Waals surface area contributed by atoms with Crippen molar-refractivity contribution < 1.29 is 9.90 Å². The van der Waals surface area contributed by atoms with Crippen LogP contribution in [0.1, 0.15) is 44.1 Å². The molecule has 1 N–H and O–H groups in total. The van der Waals surface area contributed by atoms with Crippen LogP contribution in [-0.4, -0.2) is 11.1 Å². The maximum absolute atomic E-state index is 11.2. The van der Waals surface area contributed by atoms with Crippen molar-refractivity contribution in [2.75, 3.05) is 0 Å². The van der Waals surface area contributed by atoms with Crippen LogP contribution in [-0.2, 0) is 4.79 Å². The zero-order valence-electron chi connectivity index (χ0n) is 9.75. The van der Waals surface area contributed by atoms with E-state index in [1.165, 1.54) is 0 Å². The second kappa shape index (κ2) is 6.87. The minimum Gasteiger partial charge on any atom is -0.481 e. The molecule has 1 rings (SSSR count). The van der Waals surface area contributed by atoms with Crippen molar-refractivity contribution in [2.45, 2.75) is 38.5 Å². The highest BCUT2D eigenvalue weighted by Crippen LogP contribution is 2.31. The Morgan fingerprint density at radius 3 is 2.59 bits per heavy atom. The Morgan fingerprint density at radius 1 is 1.35 bits per heavy atom. The van der Waals surface area contributed by atoms with Crippen LogP contribution in [0.4, 0.5) is 0 Å². The lowest BCUT2D eigenvalue weighted by Gasteiger charge is -2.14. The molecule has 0 aliphatic carbocycles. The van der Waals surface area contributed by atoms with E-state index in [1.807, 2.05) is 0 Å². The van der Waals surface area contributed by atoms with E-state index in [0.29, 0.717) is 22.0 Å². The predicted molar refractivity (Wildman–Crippen MR) is 71.0 cm³/mol. The van der Waals surface area contributed by atoms with Gasteiger partial charge in [-0.1, -0.05) is 55.5 Å². The number of rotatable bonds is 6. The van der Waals surface area contributed by atoms with Gasteiger partial charge in [0, 0.05) is 10.0 Å². The monoisotopic (exact) mass is 274 g/mol. The number of aliphatic carboxylic acids is 1. The standard InChI is InChI=1S/C13H16Cl2O2/c1-2-3-4-5-11(13(16)17)10-7-6-9(14)8-12(10)15/h6-8,11H,2-5H2,1H3,(H,16,17). The fourth-order valence-electron chi connectivity index (χ4n) is 1.79. The van der Waals surface area contributed by atoms with E-state index < -0.39 is 11.9 Å². The van der Waals surface area contributed by atoms with Crippen LogP contribution in [0.2, 0.25) is 10.0 Å². The van der Waals surface area contributed by atoms with E-state index in [0.717, 1.165) is 19.3 Å². The summed E-state index contributed by atoms with van der Waals surface area (Å²) in [5, 5.41) is 10.2. The number of hydrogen-bond donors (Lipinski definition) is 1. The van der Waals surface area contributed by atoms with Gasteiger partial charge in [-0.3, -0.25) is 4.79 Å². The van der Waals surface area contributed by atoms with Gasteiger partial charge in [0.05, 0.1) is 5.92 Å². The summed E-state index contributed by atoms with van der Waals surface area (Å²) in [6, 6.07) is 4.97. The molecule has 0 saturated heterocycles. The lowest BCUT2D eigenvalue weighted by Crippen LogP contribution is -2.12. The molecule has 1 atom stereocenters. The highest BCUT2D eigenvalue weighted by Gasteiger charge is 2.21. The van der Waals surface area contributed by atoms with Crippen LogP contribution in [0.15, 0.2) is 18.2 Å². The summed E-state index contributed by atoms with van der Waals surface area (Å²) in [5.74, 6) is -1.36. The fourth-order valence-corrected chi connectivity index (χ4v) is 2.33. The Bertz CT molecular complexity index is 391. The summed E-state index contributed by atoms with van der Waals surface area (Å²) in [4.78, 5) is 11.2. The van der Waals surface area contributed by atoms with Gasteiger partial charge in [0.1, 0.15) is 0 Å². The molecule has 2 nitrogen and oxygen atoms in total. The lowest BCUT2D eigenvalue weighted by molar-refractivity contribution is -0.139. The van der Waals surface area contributed by atoms with Crippen LogP contribution in [0.3, 0.4) is 0 Å². The summed E-state index contributed by atoms with van der Waals surface area (Å²) in [6.07, 6.45) is 3.62. The lowest BCUT2D eigenvalue weighted by atomic mass is 9.93. The van der Waals surface area contributed by atoms with Crippen LogP contribution in [0.5, 0.6) is 0 Å². The Hall–Kier alpha value is -0.730. The molecule has 0 bridgehead atoms. The molecule has 0 aromatic heterocycles. The minimum absolute atomic E-state index is 0.432. The highest BCUT2D eigenvalue weighted by molar-refractivity contribution is 6.35.